The summed E-state index contributed by atoms with van der Waals surface area (Å²) in [4.78, 5) is 16.8. The van der Waals surface area contributed by atoms with Crippen LogP contribution in [-0.4, -0.2) is 27.6 Å². The number of aromatic nitrogens is 3. The number of amides is 1. The highest BCUT2D eigenvalue weighted by molar-refractivity contribution is 7.99. The number of carbonyl (C=O) groups is 1. The zero-order valence-corrected chi connectivity index (χ0v) is 18.4. The molecule has 3 rings (SSSR count). The van der Waals surface area contributed by atoms with Crippen LogP contribution in [-0.2, 0) is 5.92 Å². The van der Waals surface area contributed by atoms with Crippen molar-refractivity contribution >= 4 is 29.3 Å². The number of hydrogen-bond donors (Lipinski definition) is 1. The molecule has 0 saturated carbocycles. The van der Waals surface area contributed by atoms with Gasteiger partial charge in [-0.15, -0.1) is 10.2 Å². The number of aryl methyl sites for hydroxylation is 3. The quantitative estimate of drug-likeness (QED) is 0.536. The third-order valence-electron chi connectivity index (χ3n) is 4.35. The second-order valence-corrected chi connectivity index (χ2v) is 8.31. The lowest BCUT2D eigenvalue weighted by Gasteiger charge is -2.20. The maximum absolute atomic E-state index is 14.7. The summed E-state index contributed by atoms with van der Waals surface area (Å²) < 4.78 is 43.7. The molecule has 0 aliphatic heterocycles. The number of carbonyl (C=O) groups excluding carboxylic acids is 1. The lowest BCUT2D eigenvalue weighted by molar-refractivity contribution is -0.00316. The van der Waals surface area contributed by atoms with E-state index in [2.05, 4.69) is 20.5 Å². The number of alkyl halides is 2. The smallest absolute Gasteiger partial charge is 0.290 e. The van der Waals surface area contributed by atoms with E-state index in [1.807, 2.05) is 6.92 Å². The van der Waals surface area contributed by atoms with Gasteiger partial charge in [-0.3, -0.25) is 4.79 Å². The van der Waals surface area contributed by atoms with Crippen LogP contribution in [0.25, 0.3) is 0 Å². The predicted octanol–water partition coefficient (Wildman–Crippen LogP) is 5.26. The fourth-order valence-electron chi connectivity index (χ4n) is 2.87. The van der Waals surface area contributed by atoms with Gasteiger partial charge in [-0.05, 0) is 38.5 Å². The minimum absolute atomic E-state index is 0.0286. The number of nitrogens with zero attached hydrogens (tertiary/aromatic N) is 3. The summed E-state index contributed by atoms with van der Waals surface area (Å²) in [5.41, 5.74) is 0.879. The van der Waals surface area contributed by atoms with Crippen LogP contribution in [0.4, 0.5) is 13.2 Å². The molecule has 10 heteroatoms. The zero-order chi connectivity index (χ0) is 22.8. The fourth-order valence-corrected chi connectivity index (χ4v) is 3.98. The zero-order valence-electron chi connectivity index (χ0n) is 16.8. The predicted molar refractivity (Wildman–Crippen MR) is 112 cm³/mol. The van der Waals surface area contributed by atoms with Crippen LogP contribution in [0.15, 0.2) is 46.3 Å². The Bertz CT molecular complexity index is 1140. The molecule has 3 aromatic rings. The van der Waals surface area contributed by atoms with E-state index >= 15 is 0 Å². The highest BCUT2D eigenvalue weighted by atomic mass is 35.5. The summed E-state index contributed by atoms with van der Waals surface area (Å²) in [6.45, 7) is 3.96. The van der Waals surface area contributed by atoms with Crippen LogP contribution >= 0.6 is 23.4 Å². The molecule has 0 bridgehead atoms. The minimum Gasteiger partial charge on any atom is -0.344 e. The molecule has 5 nitrogen and oxygen atoms in total. The standard InChI is InChI=1S/C21H18ClF3N4OS/c1-11-7-8-14(12(2)9-11)21(24,25)10-26-19(30)18-20(29-28-13(3)27-18)31-16-6-4-5-15(22)17(16)23/h4-9H,10H2,1-3H3,(H,26,30). The Kier molecular flexibility index (Phi) is 6.86. The normalized spacial score (nSPS) is 11.5. The molecule has 0 atom stereocenters. The van der Waals surface area contributed by atoms with Crippen molar-refractivity contribution < 1.29 is 18.0 Å². The molecule has 0 aliphatic rings. The van der Waals surface area contributed by atoms with E-state index in [0.717, 1.165) is 17.3 Å². The summed E-state index contributed by atoms with van der Waals surface area (Å²) in [7, 11) is 0. The molecule has 0 radical (unpaired) electrons. The van der Waals surface area contributed by atoms with E-state index in [1.54, 1.807) is 19.1 Å². The van der Waals surface area contributed by atoms with E-state index in [1.165, 1.54) is 31.2 Å². The van der Waals surface area contributed by atoms with Crippen molar-refractivity contribution in [1.82, 2.24) is 20.5 Å². The molecule has 1 aromatic heterocycles. The molecule has 162 valence electrons. The van der Waals surface area contributed by atoms with Crippen molar-refractivity contribution in [2.24, 2.45) is 0 Å². The maximum atomic E-state index is 14.7. The summed E-state index contributed by atoms with van der Waals surface area (Å²) >= 11 is 6.57. The van der Waals surface area contributed by atoms with E-state index in [-0.39, 0.29) is 32.0 Å². The first kappa shape index (κ1) is 23.0. The number of benzene rings is 2. The Labute approximate surface area is 186 Å². The van der Waals surface area contributed by atoms with Crippen LogP contribution in [0.3, 0.4) is 0 Å². The van der Waals surface area contributed by atoms with E-state index in [4.69, 9.17) is 11.6 Å². The molecule has 1 N–H and O–H groups in total. The SMILES string of the molecule is Cc1ccc(C(F)(F)CNC(=O)c2nc(C)nnc2Sc2cccc(Cl)c2F)c(C)c1. The summed E-state index contributed by atoms with van der Waals surface area (Å²) in [5, 5.41) is 9.74. The van der Waals surface area contributed by atoms with Gasteiger partial charge < -0.3 is 5.32 Å². The van der Waals surface area contributed by atoms with Crippen molar-refractivity contribution in [2.75, 3.05) is 6.54 Å². The van der Waals surface area contributed by atoms with Gasteiger partial charge in [0, 0.05) is 5.56 Å². The Hall–Kier alpha value is -2.65. The molecule has 31 heavy (non-hydrogen) atoms. The molecule has 0 fully saturated rings. The first-order valence-electron chi connectivity index (χ1n) is 9.15. The highest BCUT2D eigenvalue weighted by Gasteiger charge is 2.34. The van der Waals surface area contributed by atoms with Gasteiger partial charge in [-0.2, -0.15) is 8.78 Å². The molecule has 1 amide bonds. The second-order valence-electron chi connectivity index (χ2n) is 6.87. The van der Waals surface area contributed by atoms with Crippen molar-refractivity contribution in [3.63, 3.8) is 0 Å². The van der Waals surface area contributed by atoms with E-state index in [9.17, 15) is 18.0 Å². The average molecular weight is 467 g/mol. The third-order valence-corrected chi connectivity index (χ3v) is 5.64. The lowest BCUT2D eigenvalue weighted by Crippen LogP contribution is -2.36. The molecule has 0 saturated heterocycles. The third kappa shape index (κ3) is 5.34. The number of hydrogen-bond acceptors (Lipinski definition) is 5. The summed E-state index contributed by atoms with van der Waals surface area (Å²) in [6, 6.07) is 8.94. The first-order valence-corrected chi connectivity index (χ1v) is 10.3. The van der Waals surface area contributed by atoms with Gasteiger partial charge in [0.15, 0.2) is 16.5 Å². The summed E-state index contributed by atoms with van der Waals surface area (Å²) in [5.74, 6) is -4.69. The fraction of sp³-hybridized carbons (Fsp3) is 0.238. The topological polar surface area (TPSA) is 67.8 Å². The second kappa shape index (κ2) is 9.23. The van der Waals surface area contributed by atoms with Gasteiger partial charge >= 0.3 is 0 Å². The maximum Gasteiger partial charge on any atom is 0.290 e. The first-order chi connectivity index (χ1) is 14.6. The molecule has 1 heterocycles. The molecule has 2 aromatic carbocycles. The molecular formula is C21H18ClF3N4OS. The van der Waals surface area contributed by atoms with Crippen molar-refractivity contribution in [1.29, 1.82) is 0 Å². The van der Waals surface area contributed by atoms with Gasteiger partial charge in [0.05, 0.1) is 16.5 Å². The van der Waals surface area contributed by atoms with Gasteiger partial charge in [0.1, 0.15) is 5.82 Å². The monoisotopic (exact) mass is 466 g/mol. The van der Waals surface area contributed by atoms with Crippen molar-refractivity contribution in [2.45, 2.75) is 36.6 Å². The van der Waals surface area contributed by atoms with Gasteiger partial charge in [0.2, 0.25) is 0 Å². The summed E-state index contributed by atoms with van der Waals surface area (Å²) in [6.07, 6.45) is 0. The highest BCUT2D eigenvalue weighted by Crippen LogP contribution is 2.33. The number of rotatable bonds is 6. The Morgan fingerprint density at radius 3 is 2.61 bits per heavy atom. The van der Waals surface area contributed by atoms with Gasteiger partial charge in [0.25, 0.3) is 11.8 Å². The van der Waals surface area contributed by atoms with E-state index < -0.39 is 24.2 Å². The Morgan fingerprint density at radius 1 is 1.16 bits per heavy atom. The number of nitrogens with one attached hydrogen (secondary N) is 1. The van der Waals surface area contributed by atoms with E-state index in [0.29, 0.717) is 5.56 Å². The van der Waals surface area contributed by atoms with Crippen LogP contribution in [0.5, 0.6) is 0 Å². The minimum atomic E-state index is -3.30. The lowest BCUT2D eigenvalue weighted by atomic mass is 10.0. The number of halogens is 4. The molecule has 0 spiro atoms. The van der Waals surface area contributed by atoms with Crippen LogP contribution in [0, 0.1) is 26.6 Å². The van der Waals surface area contributed by atoms with Crippen molar-refractivity contribution in [3.05, 3.63) is 75.4 Å². The molecule has 0 aliphatic carbocycles. The van der Waals surface area contributed by atoms with Crippen molar-refractivity contribution in [3.8, 4) is 0 Å². The van der Waals surface area contributed by atoms with Crippen LogP contribution in [0.1, 0.15) is 33.0 Å². The molecule has 0 unspecified atom stereocenters. The Balaban J connectivity index is 1.83. The average Bonchev–Trinajstić information content (AvgIpc) is 2.70. The van der Waals surface area contributed by atoms with Crippen LogP contribution < -0.4 is 5.32 Å². The Morgan fingerprint density at radius 2 is 1.90 bits per heavy atom. The van der Waals surface area contributed by atoms with Gasteiger partial charge in [-0.25, -0.2) is 9.37 Å². The molecular weight excluding hydrogens is 449 g/mol. The largest absolute Gasteiger partial charge is 0.344 e. The van der Waals surface area contributed by atoms with Crippen LogP contribution in [0.2, 0.25) is 5.02 Å². The van der Waals surface area contributed by atoms with Gasteiger partial charge in [-0.1, -0.05) is 53.2 Å².